The minimum atomic E-state index is -0.204. The number of fused-ring (bicyclic) bond motifs is 1. The molecule has 3 heterocycles. The summed E-state index contributed by atoms with van der Waals surface area (Å²) in [4.78, 5) is 11.4. The van der Waals surface area contributed by atoms with Gasteiger partial charge < -0.3 is 4.90 Å². The van der Waals surface area contributed by atoms with Crippen LogP contribution in [0.5, 0.6) is 0 Å². The topological polar surface area (TPSA) is 46.3 Å². The standard InChI is InChI=1S/C17H14FN5S/c1-22(10-13-5-2-3-7-14(13)18)17-21-23-11-15(20-16(23)24-17)12-6-4-8-19-9-12/h2-9,11H,10H2,1H3. The second-order valence-electron chi connectivity index (χ2n) is 5.43. The summed E-state index contributed by atoms with van der Waals surface area (Å²) in [6.07, 6.45) is 5.39. The predicted octanol–water partition coefficient (Wildman–Crippen LogP) is 3.63. The average molecular weight is 339 g/mol. The number of pyridine rings is 1. The summed E-state index contributed by atoms with van der Waals surface area (Å²) in [5.41, 5.74) is 2.44. The van der Waals surface area contributed by atoms with Gasteiger partial charge in [-0.3, -0.25) is 4.98 Å². The van der Waals surface area contributed by atoms with Gasteiger partial charge in [-0.25, -0.2) is 13.9 Å². The molecule has 1 aromatic carbocycles. The van der Waals surface area contributed by atoms with Crippen LogP contribution in [0.3, 0.4) is 0 Å². The molecule has 0 unspecified atom stereocenters. The monoisotopic (exact) mass is 339 g/mol. The summed E-state index contributed by atoms with van der Waals surface area (Å²) in [5.74, 6) is -0.204. The molecule has 24 heavy (non-hydrogen) atoms. The SMILES string of the molecule is CN(Cc1ccccc1F)c1nn2cc(-c3cccnc3)nc2s1. The fourth-order valence-electron chi connectivity index (χ4n) is 2.45. The van der Waals surface area contributed by atoms with Gasteiger partial charge in [-0.1, -0.05) is 29.5 Å². The Hall–Kier alpha value is -2.80. The van der Waals surface area contributed by atoms with Crippen LogP contribution in [0.1, 0.15) is 5.56 Å². The number of imidazole rings is 1. The molecule has 5 nitrogen and oxygen atoms in total. The van der Waals surface area contributed by atoms with E-state index in [0.717, 1.165) is 21.3 Å². The highest BCUT2D eigenvalue weighted by Crippen LogP contribution is 2.26. The highest BCUT2D eigenvalue weighted by atomic mass is 32.1. The minimum Gasteiger partial charge on any atom is -0.345 e. The molecule has 0 aliphatic carbocycles. The van der Waals surface area contributed by atoms with Gasteiger partial charge in [0, 0.05) is 37.1 Å². The van der Waals surface area contributed by atoms with Crippen molar-refractivity contribution in [2.45, 2.75) is 6.54 Å². The lowest BCUT2D eigenvalue weighted by Crippen LogP contribution is -2.17. The molecule has 0 aliphatic rings. The van der Waals surface area contributed by atoms with E-state index >= 15 is 0 Å². The van der Waals surface area contributed by atoms with Gasteiger partial charge in [0.2, 0.25) is 10.1 Å². The largest absolute Gasteiger partial charge is 0.345 e. The van der Waals surface area contributed by atoms with Crippen molar-refractivity contribution in [3.05, 3.63) is 66.4 Å². The molecule has 0 atom stereocenters. The number of halogens is 1. The number of hydrogen-bond donors (Lipinski definition) is 0. The highest BCUT2D eigenvalue weighted by molar-refractivity contribution is 7.20. The predicted molar refractivity (Wildman–Crippen MR) is 92.6 cm³/mol. The summed E-state index contributed by atoms with van der Waals surface area (Å²) in [5, 5.41) is 5.33. The second kappa shape index (κ2) is 6.01. The Bertz CT molecular complexity index is 947. The van der Waals surface area contributed by atoms with Crippen LogP contribution in [0.15, 0.2) is 55.0 Å². The van der Waals surface area contributed by atoms with Crippen LogP contribution >= 0.6 is 11.3 Å². The number of anilines is 1. The van der Waals surface area contributed by atoms with E-state index in [4.69, 9.17) is 0 Å². The Morgan fingerprint density at radius 1 is 1.21 bits per heavy atom. The Balaban J connectivity index is 1.59. The summed E-state index contributed by atoms with van der Waals surface area (Å²) in [7, 11) is 1.90. The van der Waals surface area contributed by atoms with Crippen LogP contribution in [0.25, 0.3) is 16.2 Å². The van der Waals surface area contributed by atoms with Gasteiger partial charge in [0.1, 0.15) is 5.82 Å². The van der Waals surface area contributed by atoms with Crippen LogP contribution < -0.4 is 4.90 Å². The maximum atomic E-state index is 13.8. The van der Waals surface area contributed by atoms with Gasteiger partial charge >= 0.3 is 0 Å². The van der Waals surface area contributed by atoms with Crippen molar-refractivity contribution in [3.63, 3.8) is 0 Å². The lowest BCUT2D eigenvalue weighted by molar-refractivity contribution is 0.607. The third kappa shape index (κ3) is 2.74. The van der Waals surface area contributed by atoms with Gasteiger partial charge in [-0.05, 0) is 18.2 Å². The van der Waals surface area contributed by atoms with Crippen molar-refractivity contribution in [2.75, 3.05) is 11.9 Å². The van der Waals surface area contributed by atoms with Crippen LogP contribution in [-0.4, -0.2) is 26.6 Å². The van der Waals surface area contributed by atoms with Crippen molar-refractivity contribution < 1.29 is 4.39 Å². The fourth-order valence-corrected chi connectivity index (χ4v) is 3.29. The summed E-state index contributed by atoms with van der Waals surface area (Å²) in [6, 6.07) is 10.6. The molecular formula is C17H14FN5S. The van der Waals surface area contributed by atoms with E-state index in [-0.39, 0.29) is 5.82 Å². The van der Waals surface area contributed by atoms with Crippen LogP contribution in [0.2, 0.25) is 0 Å². The molecule has 120 valence electrons. The summed E-state index contributed by atoms with van der Waals surface area (Å²) >= 11 is 1.47. The Labute approximate surface area is 142 Å². The molecule has 4 aromatic rings. The maximum absolute atomic E-state index is 13.8. The quantitative estimate of drug-likeness (QED) is 0.570. The van der Waals surface area contributed by atoms with Crippen LogP contribution in [0.4, 0.5) is 9.52 Å². The second-order valence-corrected chi connectivity index (χ2v) is 6.36. The number of rotatable bonds is 4. The first-order valence-corrected chi connectivity index (χ1v) is 8.23. The molecule has 0 saturated carbocycles. The Morgan fingerprint density at radius 2 is 2.08 bits per heavy atom. The van der Waals surface area contributed by atoms with Gasteiger partial charge in [0.05, 0.1) is 11.9 Å². The first kappa shape index (κ1) is 14.8. The zero-order valence-corrected chi connectivity index (χ0v) is 13.7. The van der Waals surface area contributed by atoms with Gasteiger partial charge in [0.15, 0.2) is 0 Å². The van der Waals surface area contributed by atoms with Crippen molar-refractivity contribution in [1.82, 2.24) is 19.6 Å². The number of benzene rings is 1. The van der Waals surface area contributed by atoms with Crippen molar-refractivity contribution in [2.24, 2.45) is 0 Å². The molecule has 3 aromatic heterocycles. The maximum Gasteiger partial charge on any atom is 0.214 e. The molecule has 0 radical (unpaired) electrons. The lowest BCUT2D eigenvalue weighted by atomic mass is 10.2. The van der Waals surface area contributed by atoms with Gasteiger partial charge in [-0.15, -0.1) is 5.10 Å². The zero-order valence-electron chi connectivity index (χ0n) is 12.9. The van der Waals surface area contributed by atoms with Crippen molar-refractivity contribution >= 4 is 21.4 Å². The smallest absolute Gasteiger partial charge is 0.214 e. The number of nitrogens with zero attached hydrogens (tertiary/aromatic N) is 5. The third-order valence-corrected chi connectivity index (χ3v) is 4.72. The van der Waals surface area contributed by atoms with Gasteiger partial charge in [-0.2, -0.15) is 0 Å². The molecule has 0 N–H and O–H groups in total. The average Bonchev–Trinajstić information content (AvgIpc) is 3.17. The van der Waals surface area contributed by atoms with E-state index in [0.29, 0.717) is 12.1 Å². The third-order valence-electron chi connectivity index (χ3n) is 3.68. The Kier molecular flexibility index (Phi) is 3.70. The molecule has 0 saturated heterocycles. The van der Waals surface area contributed by atoms with E-state index in [2.05, 4.69) is 15.1 Å². The molecule has 0 spiro atoms. The van der Waals surface area contributed by atoms with E-state index in [9.17, 15) is 4.39 Å². The molecular weight excluding hydrogens is 325 g/mol. The van der Waals surface area contributed by atoms with Crippen LogP contribution in [-0.2, 0) is 6.54 Å². The van der Waals surface area contributed by atoms with E-state index < -0.39 is 0 Å². The normalized spacial score (nSPS) is 11.1. The fraction of sp³-hybridized carbons (Fsp3) is 0.118. The van der Waals surface area contributed by atoms with Crippen molar-refractivity contribution in [3.8, 4) is 11.3 Å². The number of aromatic nitrogens is 4. The summed E-state index contributed by atoms with van der Waals surface area (Å²) < 4.78 is 15.5. The highest BCUT2D eigenvalue weighted by Gasteiger charge is 2.14. The van der Waals surface area contributed by atoms with E-state index in [1.807, 2.05) is 36.3 Å². The summed E-state index contributed by atoms with van der Waals surface area (Å²) in [6.45, 7) is 0.457. The molecule has 7 heteroatoms. The molecule has 0 amide bonds. The minimum absolute atomic E-state index is 0.204. The first-order chi connectivity index (χ1) is 11.7. The van der Waals surface area contributed by atoms with E-state index in [1.54, 1.807) is 29.0 Å². The number of hydrogen-bond acceptors (Lipinski definition) is 5. The van der Waals surface area contributed by atoms with Crippen LogP contribution in [0, 0.1) is 5.82 Å². The lowest BCUT2D eigenvalue weighted by Gasteiger charge is -2.15. The van der Waals surface area contributed by atoms with E-state index in [1.165, 1.54) is 17.4 Å². The van der Waals surface area contributed by atoms with Gasteiger partial charge in [0.25, 0.3) is 0 Å². The molecule has 0 bridgehead atoms. The molecule has 0 fully saturated rings. The van der Waals surface area contributed by atoms with Crippen molar-refractivity contribution in [1.29, 1.82) is 0 Å². The zero-order chi connectivity index (χ0) is 16.5. The first-order valence-electron chi connectivity index (χ1n) is 7.42. The molecule has 0 aliphatic heterocycles. The molecule has 4 rings (SSSR count). The Morgan fingerprint density at radius 3 is 2.83 bits per heavy atom.